The highest BCUT2D eigenvalue weighted by Gasteiger charge is 2.07. The summed E-state index contributed by atoms with van der Waals surface area (Å²) in [5.41, 5.74) is 2.39. The molecule has 2 rings (SSSR count). The number of rotatable bonds is 5. The van der Waals surface area contributed by atoms with Gasteiger partial charge in [0.2, 0.25) is 5.91 Å². The number of aromatic carboxylic acids is 1. The number of carbonyl (C=O) groups excluding carboxylic acids is 1. The molecule has 21 heavy (non-hydrogen) atoms. The molecule has 0 saturated heterocycles. The third-order valence-corrected chi connectivity index (χ3v) is 3.16. The molecule has 0 bridgehead atoms. The smallest absolute Gasteiger partial charge is 0.337 e. The van der Waals surface area contributed by atoms with E-state index in [1.165, 1.54) is 18.3 Å². The van der Waals surface area contributed by atoms with Crippen LogP contribution in [0.2, 0.25) is 0 Å². The summed E-state index contributed by atoms with van der Waals surface area (Å²) in [6.07, 6.45) is 2.23. The van der Waals surface area contributed by atoms with E-state index in [0.717, 1.165) is 11.1 Å². The van der Waals surface area contributed by atoms with Crippen LogP contribution in [0.25, 0.3) is 0 Å². The second-order valence-corrected chi connectivity index (χ2v) is 4.71. The molecule has 1 aromatic carbocycles. The van der Waals surface area contributed by atoms with Gasteiger partial charge < -0.3 is 10.4 Å². The molecule has 0 aliphatic rings. The lowest BCUT2D eigenvalue weighted by molar-refractivity contribution is -0.116. The Morgan fingerprint density at radius 1 is 1.19 bits per heavy atom. The Kier molecular flexibility index (Phi) is 4.66. The molecule has 0 fully saturated rings. The first kappa shape index (κ1) is 14.7. The Bertz CT molecular complexity index is 651. The van der Waals surface area contributed by atoms with Crippen molar-refractivity contribution in [1.82, 2.24) is 4.98 Å². The molecule has 0 atom stereocenters. The number of carboxylic acid groups (broad SMARTS) is 1. The maximum atomic E-state index is 11.8. The standard InChI is InChI=1S/C16H16N2O3/c1-11-4-2-3-5-12(11)7-9-15(19)18-14-8-6-13(10-17-14)16(20)21/h2-6,8,10H,7,9H2,1H3,(H,20,21)(H,17,18,19). The molecule has 1 heterocycles. The second-order valence-electron chi connectivity index (χ2n) is 4.71. The van der Waals surface area contributed by atoms with Crippen molar-refractivity contribution >= 4 is 17.7 Å². The van der Waals surface area contributed by atoms with Crippen LogP contribution in [0.3, 0.4) is 0 Å². The lowest BCUT2D eigenvalue weighted by Crippen LogP contribution is -2.13. The van der Waals surface area contributed by atoms with Gasteiger partial charge in [0.25, 0.3) is 0 Å². The number of carboxylic acids is 1. The molecule has 0 aliphatic carbocycles. The van der Waals surface area contributed by atoms with Crippen LogP contribution in [0.5, 0.6) is 0 Å². The molecule has 1 aromatic heterocycles. The van der Waals surface area contributed by atoms with Gasteiger partial charge in [-0.1, -0.05) is 24.3 Å². The van der Waals surface area contributed by atoms with Crippen molar-refractivity contribution in [2.75, 3.05) is 5.32 Å². The zero-order chi connectivity index (χ0) is 15.2. The first-order valence-corrected chi connectivity index (χ1v) is 6.60. The minimum atomic E-state index is -1.04. The van der Waals surface area contributed by atoms with Crippen molar-refractivity contribution in [2.24, 2.45) is 0 Å². The first-order valence-electron chi connectivity index (χ1n) is 6.60. The lowest BCUT2D eigenvalue weighted by Gasteiger charge is -2.06. The van der Waals surface area contributed by atoms with Crippen LogP contribution in [-0.4, -0.2) is 22.0 Å². The number of amides is 1. The Morgan fingerprint density at radius 3 is 2.57 bits per heavy atom. The minimum Gasteiger partial charge on any atom is -0.478 e. The number of carbonyl (C=O) groups is 2. The van der Waals surface area contributed by atoms with Gasteiger partial charge in [-0.25, -0.2) is 9.78 Å². The maximum Gasteiger partial charge on any atom is 0.337 e. The van der Waals surface area contributed by atoms with Crippen LogP contribution in [-0.2, 0) is 11.2 Å². The van der Waals surface area contributed by atoms with E-state index in [1.807, 2.05) is 31.2 Å². The Labute approximate surface area is 122 Å². The fourth-order valence-corrected chi connectivity index (χ4v) is 1.94. The largest absolute Gasteiger partial charge is 0.478 e. The van der Waals surface area contributed by atoms with Crippen LogP contribution in [0.1, 0.15) is 27.9 Å². The summed E-state index contributed by atoms with van der Waals surface area (Å²) in [7, 11) is 0. The average Bonchev–Trinajstić information content (AvgIpc) is 2.47. The van der Waals surface area contributed by atoms with Gasteiger partial charge in [0.05, 0.1) is 5.56 Å². The predicted molar refractivity (Wildman–Crippen MR) is 79.3 cm³/mol. The lowest BCUT2D eigenvalue weighted by atomic mass is 10.0. The molecule has 0 spiro atoms. The van der Waals surface area contributed by atoms with Gasteiger partial charge in [0, 0.05) is 12.6 Å². The Morgan fingerprint density at radius 2 is 1.95 bits per heavy atom. The van der Waals surface area contributed by atoms with E-state index in [-0.39, 0.29) is 11.5 Å². The van der Waals surface area contributed by atoms with E-state index in [4.69, 9.17) is 5.11 Å². The molecule has 2 N–H and O–H groups in total. The van der Waals surface area contributed by atoms with E-state index in [0.29, 0.717) is 18.7 Å². The topological polar surface area (TPSA) is 79.3 Å². The van der Waals surface area contributed by atoms with Gasteiger partial charge in [-0.05, 0) is 36.6 Å². The highest BCUT2D eigenvalue weighted by molar-refractivity contribution is 5.91. The number of nitrogens with one attached hydrogen (secondary N) is 1. The van der Waals surface area contributed by atoms with Crippen molar-refractivity contribution in [2.45, 2.75) is 19.8 Å². The van der Waals surface area contributed by atoms with Crippen LogP contribution >= 0.6 is 0 Å². The SMILES string of the molecule is Cc1ccccc1CCC(=O)Nc1ccc(C(=O)O)cn1. The van der Waals surface area contributed by atoms with Crippen LogP contribution in [0, 0.1) is 6.92 Å². The maximum absolute atomic E-state index is 11.8. The van der Waals surface area contributed by atoms with E-state index >= 15 is 0 Å². The summed E-state index contributed by atoms with van der Waals surface area (Å²) < 4.78 is 0. The molecule has 1 amide bonds. The molecular weight excluding hydrogens is 268 g/mol. The van der Waals surface area contributed by atoms with Crippen LogP contribution in [0.15, 0.2) is 42.6 Å². The number of aryl methyl sites for hydroxylation is 2. The van der Waals surface area contributed by atoms with Gasteiger partial charge in [0.1, 0.15) is 5.82 Å². The van der Waals surface area contributed by atoms with Gasteiger partial charge in [0.15, 0.2) is 0 Å². The number of anilines is 1. The molecule has 108 valence electrons. The second kappa shape index (κ2) is 6.65. The summed E-state index contributed by atoms with van der Waals surface area (Å²) in [4.78, 5) is 26.4. The quantitative estimate of drug-likeness (QED) is 0.884. The summed E-state index contributed by atoms with van der Waals surface area (Å²) in [5.74, 6) is -0.830. The molecule has 5 heteroatoms. The van der Waals surface area contributed by atoms with E-state index in [1.54, 1.807) is 0 Å². The van der Waals surface area contributed by atoms with Crippen molar-refractivity contribution in [1.29, 1.82) is 0 Å². The molecule has 0 unspecified atom stereocenters. The van der Waals surface area contributed by atoms with Gasteiger partial charge >= 0.3 is 5.97 Å². The zero-order valence-electron chi connectivity index (χ0n) is 11.7. The van der Waals surface area contributed by atoms with Gasteiger partial charge in [-0.3, -0.25) is 4.79 Å². The number of nitrogens with zero attached hydrogens (tertiary/aromatic N) is 1. The molecule has 0 aliphatic heterocycles. The fourth-order valence-electron chi connectivity index (χ4n) is 1.94. The molecule has 0 radical (unpaired) electrons. The molecule has 2 aromatic rings. The third kappa shape index (κ3) is 4.14. The van der Waals surface area contributed by atoms with Crippen molar-refractivity contribution in [3.05, 3.63) is 59.3 Å². The molecule has 5 nitrogen and oxygen atoms in total. The minimum absolute atomic E-state index is 0.0907. The van der Waals surface area contributed by atoms with Crippen LogP contribution < -0.4 is 5.32 Å². The number of aromatic nitrogens is 1. The number of pyridine rings is 1. The summed E-state index contributed by atoms with van der Waals surface area (Å²) in [6, 6.07) is 10.8. The predicted octanol–water partition coefficient (Wildman–Crippen LogP) is 2.66. The van der Waals surface area contributed by atoms with Gasteiger partial charge in [-0.15, -0.1) is 0 Å². The van der Waals surface area contributed by atoms with Crippen molar-refractivity contribution in [3.63, 3.8) is 0 Å². The molecule has 0 saturated carbocycles. The third-order valence-electron chi connectivity index (χ3n) is 3.16. The van der Waals surface area contributed by atoms with E-state index in [2.05, 4.69) is 10.3 Å². The number of hydrogen-bond acceptors (Lipinski definition) is 3. The van der Waals surface area contributed by atoms with Crippen LogP contribution in [0.4, 0.5) is 5.82 Å². The fraction of sp³-hybridized carbons (Fsp3) is 0.188. The van der Waals surface area contributed by atoms with E-state index < -0.39 is 5.97 Å². The van der Waals surface area contributed by atoms with Gasteiger partial charge in [-0.2, -0.15) is 0 Å². The highest BCUT2D eigenvalue weighted by atomic mass is 16.4. The Hall–Kier alpha value is -2.69. The highest BCUT2D eigenvalue weighted by Crippen LogP contribution is 2.11. The number of hydrogen-bond donors (Lipinski definition) is 2. The Balaban J connectivity index is 1.90. The zero-order valence-corrected chi connectivity index (χ0v) is 11.7. The summed E-state index contributed by atoms with van der Waals surface area (Å²) in [6.45, 7) is 2.01. The van der Waals surface area contributed by atoms with Crippen molar-refractivity contribution in [3.8, 4) is 0 Å². The number of benzene rings is 1. The molecular formula is C16H16N2O3. The van der Waals surface area contributed by atoms with Crippen molar-refractivity contribution < 1.29 is 14.7 Å². The normalized spacial score (nSPS) is 10.1. The average molecular weight is 284 g/mol. The monoisotopic (exact) mass is 284 g/mol. The summed E-state index contributed by atoms with van der Waals surface area (Å²) >= 11 is 0. The first-order chi connectivity index (χ1) is 10.1. The van der Waals surface area contributed by atoms with E-state index in [9.17, 15) is 9.59 Å². The summed E-state index contributed by atoms with van der Waals surface area (Å²) in [5, 5.41) is 11.4.